The van der Waals surface area contributed by atoms with Crippen LogP contribution in [0.3, 0.4) is 0 Å². The molecule has 2 N–H and O–H groups in total. The quantitative estimate of drug-likeness (QED) is 0.637. The SMILES string of the molecule is CC(=NNC(=O)OC(C)(C)C)c1cccc(NC(=O)c2ccc(C)o2)c1. The lowest BCUT2D eigenvalue weighted by molar-refractivity contribution is 0.0529. The lowest BCUT2D eigenvalue weighted by atomic mass is 10.1. The Morgan fingerprint density at radius 3 is 2.50 bits per heavy atom. The molecular formula is C19H23N3O4. The van der Waals surface area contributed by atoms with Crippen LogP contribution in [0.2, 0.25) is 0 Å². The first kappa shape index (κ1) is 19.2. The molecule has 0 atom stereocenters. The first-order chi connectivity index (χ1) is 12.1. The van der Waals surface area contributed by atoms with Crippen molar-refractivity contribution in [1.29, 1.82) is 0 Å². The van der Waals surface area contributed by atoms with E-state index >= 15 is 0 Å². The van der Waals surface area contributed by atoms with Gasteiger partial charge in [0, 0.05) is 5.69 Å². The number of nitrogens with one attached hydrogen (secondary N) is 2. The summed E-state index contributed by atoms with van der Waals surface area (Å²) in [5.41, 5.74) is 3.66. The number of amides is 2. The molecule has 7 heteroatoms. The summed E-state index contributed by atoms with van der Waals surface area (Å²) >= 11 is 0. The molecule has 1 aromatic heterocycles. The Balaban J connectivity index is 2.04. The van der Waals surface area contributed by atoms with Gasteiger partial charge in [0.2, 0.25) is 0 Å². The fourth-order valence-corrected chi connectivity index (χ4v) is 2.07. The van der Waals surface area contributed by atoms with E-state index in [4.69, 9.17) is 9.15 Å². The van der Waals surface area contributed by atoms with E-state index in [2.05, 4.69) is 15.8 Å². The van der Waals surface area contributed by atoms with Crippen molar-refractivity contribution in [1.82, 2.24) is 5.43 Å². The van der Waals surface area contributed by atoms with Gasteiger partial charge in [-0.3, -0.25) is 4.79 Å². The summed E-state index contributed by atoms with van der Waals surface area (Å²) in [6, 6.07) is 10.5. The molecule has 1 heterocycles. The predicted molar refractivity (Wildman–Crippen MR) is 99.4 cm³/mol. The molecule has 0 spiro atoms. The predicted octanol–water partition coefficient (Wildman–Crippen LogP) is 4.09. The molecule has 0 bridgehead atoms. The van der Waals surface area contributed by atoms with E-state index in [1.807, 2.05) is 6.07 Å². The monoisotopic (exact) mass is 357 g/mol. The number of hydrazone groups is 1. The molecular weight excluding hydrogens is 334 g/mol. The van der Waals surface area contributed by atoms with Crippen molar-refractivity contribution in [2.45, 2.75) is 40.2 Å². The largest absolute Gasteiger partial charge is 0.456 e. The first-order valence-electron chi connectivity index (χ1n) is 8.15. The zero-order valence-electron chi connectivity index (χ0n) is 15.5. The third-order valence-electron chi connectivity index (χ3n) is 3.22. The van der Waals surface area contributed by atoms with Crippen LogP contribution >= 0.6 is 0 Å². The highest BCUT2D eigenvalue weighted by molar-refractivity contribution is 6.04. The minimum atomic E-state index is -0.630. The molecule has 0 aliphatic rings. The number of hydrogen-bond acceptors (Lipinski definition) is 5. The number of rotatable bonds is 4. The smallest absolute Gasteiger partial charge is 0.428 e. The van der Waals surface area contributed by atoms with Crippen LogP contribution in [0.1, 0.15) is 49.6 Å². The lowest BCUT2D eigenvalue weighted by Crippen LogP contribution is -2.30. The van der Waals surface area contributed by atoms with E-state index in [0.29, 0.717) is 17.2 Å². The van der Waals surface area contributed by atoms with Gasteiger partial charge in [0.25, 0.3) is 5.91 Å². The van der Waals surface area contributed by atoms with E-state index in [1.165, 1.54) is 0 Å². The van der Waals surface area contributed by atoms with Crippen molar-refractivity contribution in [3.8, 4) is 0 Å². The third kappa shape index (κ3) is 5.77. The number of hydrogen-bond donors (Lipinski definition) is 2. The molecule has 2 rings (SSSR count). The van der Waals surface area contributed by atoms with Crippen LogP contribution in [0.15, 0.2) is 45.9 Å². The molecule has 1 aromatic carbocycles. The summed E-state index contributed by atoms with van der Waals surface area (Å²) < 4.78 is 10.4. The standard InChI is InChI=1S/C19H23N3O4/c1-12-9-10-16(25-12)17(23)20-15-8-6-7-14(11-15)13(2)21-22-18(24)26-19(3,4)5/h6-11H,1-5H3,(H,20,23)(H,22,24). The number of anilines is 1. The summed E-state index contributed by atoms with van der Waals surface area (Å²) in [6.07, 6.45) is -0.630. The Bertz CT molecular complexity index is 831. The van der Waals surface area contributed by atoms with Gasteiger partial charge in [0.15, 0.2) is 5.76 Å². The van der Waals surface area contributed by atoms with Crippen molar-refractivity contribution in [2.75, 3.05) is 5.32 Å². The van der Waals surface area contributed by atoms with Crippen LogP contribution in [0.5, 0.6) is 0 Å². The van der Waals surface area contributed by atoms with Gasteiger partial charge in [-0.2, -0.15) is 5.10 Å². The average Bonchev–Trinajstić information content (AvgIpc) is 2.98. The van der Waals surface area contributed by atoms with E-state index in [9.17, 15) is 9.59 Å². The van der Waals surface area contributed by atoms with E-state index in [1.54, 1.807) is 65.0 Å². The summed E-state index contributed by atoms with van der Waals surface area (Å²) in [7, 11) is 0. The number of ether oxygens (including phenoxy) is 1. The van der Waals surface area contributed by atoms with Crippen LogP contribution in [-0.4, -0.2) is 23.3 Å². The van der Waals surface area contributed by atoms with Gasteiger partial charge in [-0.1, -0.05) is 12.1 Å². The number of carbonyl (C=O) groups is 2. The van der Waals surface area contributed by atoms with Crippen LogP contribution in [0, 0.1) is 6.92 Å². The second-order valence-corrected chi connectivity index (χ2v) is 6.76. The summed E-state index contributed by atoms with van der Waals surface area (Å²) in [5.74, 6) is 0.571. The minimum absolute atomic E-state index is 0.241. The molecule has 7 nitrogen and oxygen atoms in total. The Labute approximate surface area is 152 Å². The van der Waals surface area contributed by atoms with Gasteiger partial charge in [-0.15, -0.1) is 0 Å². The molecule has 0 aliphatic carbocycles. The van der Waals surface area contributed by atoms with Gasteiger partial charge in [0.05, 0.1) is 5.71 Å². The maximum Gasteiger partial charge on any atom is 0.428 e. The number of aryl methyl sites for hydroxylation is 1. The van der Waals surface area contributed by atoms with Crippen LogP contribution in [0.4, 0.5) is 10.5 Å². The molecule has 26 heavy (non-hydrogen) atoms. The maximum atomic E-state index is 12.1. The highest BCUT2D eigenvalue weighted by Gasteiger charge is 2.15. The Kier molecular flexibility index (Phi) is 5.82. The van der Waals surface area contributed by atoms with Crippen LogP contribution in [-0.2, 0) is 4.74 Å². The highest BCUT2D eigenvalue weighted by atomic mass is 16.6. The van der Waals surface area contributed by atoms with E-state index in [-0.39, 0.29) is 11.7 Å². The summed E-state index contributed by atoms with van der Waals surface area (Å²) in [4.78, 5) is 23.8. The molecule has 2 amide bonds. The van der Waals surface area contributed by atoms with Gasteiger partial charge < -0.3 is 14.5 Å². The molecule has 0 saturated heterocycles. The zero-order chi connectivity index (χ0) is 19.3. The summed E-state index contributed by atoms with van der Waals surface area (Å²) in [5, 5.41) is 6.78. The normalized spacial score (nSPS) is 11.8. The summed E-state index contributed by atoms with van der Waals surface area (Å²) in [6.45, 7) is 8.84. The van der Waals surface area contributed by atoms with Gasteiger partial charge in [-0.05, 0) is 64.4 Å². The molecule has 0 fully saturated rings. The lowest BCUT2D eigenvalue weighted by Gasteiger charge is -2.18. The minimum Gasteiger partial charge on any atom is -0.456 e. The van der Waals surface area contributed by atoms with Crippen molar-refractivity contribution < 1.29 is 18.7 Å². The molecule has 0 saturated carbocycles. The van der Waals surface area contributed by atoms with Gasteiger partial charge in [-0.25, -0.2) is 10.2 Å². The second kappa shape index (κ2) is 7.86. The number of nitrogens with zero attached hydrogens (tertiary/aromatic N) is 1. The fraction of sp³-hybridized carbons (Fsp3) is 0.316. The zero-order valence-corrected chi connectivity index (χ0v) is 15.5. The first-order valence-corrected chi connectivity index (χ1v) is 8.15. The molecule has 0 aliphatic heterocycles. The fourth-order valence-electron chi connectivity index (χ4n) is 2.07. The molecule has 2 aromatic rings. The average molecular weight is 357 g/mol. The van der Waals surface area contributed by atoms with Crippen LogP contribution in [0.25, 0.3) is 0 Å². The van der Waals surface area contributed by atoms with Gasteiger partial charge >= 0.3 is 6.09 Å². The molecule has 0 unspecified atom stereocenters. The maximum absolute atomic E-state index is 12.1. The van der Waals surface area contributed by atoms with Crippen molar-refractivity contribution in [3.63, 3.8) is 0 Å². The Hall–Kier alpha value is -3.09. The Morgan fingerprint density at radius 2 is 1.88 bits per heavy atom. The molecule has 0 radical (unpaired) electrons. The third-order valence-corrected chi connectivity index (χ3v) is 3.22. The second-order valence-electron chi connectivity index (χ2n) is 6.76. The topological polar surface area (TPSA) is 92.9 Å². The number of carbonyl (C=O) groups excluding carboxylic acids is 2. The Morgan fingerprint density at radius 1 is 1.15 bits per heavy atom. The van der Waals surface area contributed by atoms with Gasteiger partial charge in [0.1, 0.15) is 11.4 Å². The van der Waals surface area contributed by atoms with E-state index in [0.717, 1.165) is 5.56 Å². The van der Waals surface area contributed by atoms with Crippen molar-refractivity contribution in [3.05, 3.63) is 53.5 Å². The molecule has 138 valence electrons. The van der Waals surface area contributed by atoms with E-state index < -0.39 is 11.7 Å². The van der Waals surface area contributed by atoms with Crippen LogP contribution < -0.4 is 10.7 Å². The number of benzene rings is 1. The van der Waals surface area contributed by atoms with Crippen molar-refractivity contribution >= 4 is 23.4 Å². The highest BCUT2D eigenvalue weighted by Crippen LogP contribution is 2.14. The number of furan rings is 1. The van der Waals surface area contributed by atoms with Crippen molar-refractivity contribution in [2.24, 2.45) is 5.10 Å².